The summed E-state index contributed by atoms with van der Waals surface area (Å²) in [6, 6.07) is 70.4. The Labute approximate surface area is 515 Å². The third-order valence-electron chi connectivity index (χ3n) is 19.6. The number of nitrogens with zero attached hydrogens (tertiary/aromatic N) is 3. The smallest absolute Gasteiger partial charge is 0.337 e. The number of rotatable bonds is 6. The van der Waals surface area contributed by atoms with Crippen molar-refractivity contribution in [2.45, 2.75) is 156 Å². The van der Waals surface area contributed by atoms with Gasteiger partial charge in [0, 0.05) is 65.9 Å². The molecule has 0 amide bonds. The van der Waals surface area contributed by atoms with Gasteiger partial charge in [-0.15, -0.1) is 11.3 Å². The molecular formula is C80H82BN3OS. The molecule has 1 aliphatic carbocycles. The van der Waals surface area contributed by atoms with E-state index < -0.39 is 0 Å². The van der Waals surface area contributed by atoms with Crippen LogP contribution >= 0.6 is 11.3 Å². The molecule has 0 N–H and O–H groups in total. The van der Waals surface area contributed by atoms with E-state index in [1.807, 2.05) is 11.3 Å². The molecule has 0 fully saturated rings. The van der Waals surface area contributed by atoms with Crippen LogP contribution in [0.5, 0.6) is 0 Å². The molecule has 0 saturated carbocycles. The van der Waals surface area contributed by atoms with E-state index in [4.69, 9.17) is 4.42 Å². The molecule has 0 radical (unpaired) electrons. The molecule has 432 valence electrons. The first-order valence-corrected chi connectivity index (χ1v) is 32.1. The van der Waals surface area contributed by atoms with Gasteiger partial charge in [-0.05, 0) is 174 Å². The van der Waals surface area contributed by atoms with Crippen LogP contribution in [0.1, 0.15) is 157 Å². The summed E-state index contributed by atoms with van der Waals surface area (Å²) in [7, 11) is 0. The van der Waals surface area contributed by atoms with Gasteiger partial charge in [-0.2, -0.15) is 0 Å². The van der Waals surface area contributed by atoms with Crippen molar-refractivity contribution in [1.82, 2.24) is 0 Å². The minimum Gasteiger partial charge on any atom is -0.440 e. The second-order valence-corrected chi connectivity index (χ2v) is 31.6. The van der Waals surface area contributed by atoms with Crippen molar-refractivity contribution >= 4 is 106 Å². The van der Waals surface area contributed by atoms with Crippen molar-refractivity contribution in [3.8, 4) is 22.3 Å². The van der Waals surface area contributed by atoms with Crippen LogP contribution in [0.3, 0.4) is 0 Å². The van der Waals surface area contributed by atoms with Gasteiger partial charge in [0.1, 0.15) is 5.58 Å². The zero-order chi connectivity index (χ0) is 60.4. The fraction of sp³-hybridized carbons (Fsp3) is 0.300. The molecule has 86 heavy (non-hydrogen) atoms. The van der Waals surface area contributed by atoms with Crippen molar-refractivity contribution in [2.24, 2.45) is 0 Å². The highest BCUT2D eigenvalue weighted by Gasteiger charge is 2.50. The fourth-order valence-electron chi connectivity index (χ4n) is 14.3. The Morgan fingerprint density at radius 1 is 0.453 bits per heavy atom. The highest BCUT2D eigenvalue weighted by atomic mass is 32.1. The van der Waals surface area contributed by atoms with E-state index in [0.717, 1.165) is 69.6 Å². The molecule has 3 aliphatic rings. The van der Waals surface area contributed by atoms with Crippen LogP contribution in [-0.2, 0) is 32.5 Å². The van der Waals surface area contributed by atoms with Crippen molar-refractivity contribution in [2.75, 3.05) is 14.6 Å². The lowest BCUT2D eigenvalue weighted by molar-refractivity contribution is 0.332. The van der Waals surface area contributed by atoms with Crippen molar-refractivity contribution in [3.63, 3.8) is 0 Å². The quantitative estimate of drug-likeness (QED) is 0.155. The first-order valence-electron chi connectivity index (χ1n) is 31.3. The number of anilines is 8. The summed E-state index contributed by atoms with van der Waals surface area (Å²) >= 11 is 1.92. The summed E-state index contributed by atoms with van der Waals surface area (Å²) in [6.07, 6.45) is 2.23. The fourth-order valence-corrected chi connectivity index (χ4v) is 15.5. The Hall–Kier alpha value is -7.80. The van der Waals surface area contributed by atoms with Gasteiger partial charge in [0.25, 0.3) is 0 Å². The van der Waals surface area contributed by atoms with Gasteiger partial charge >= 0.3 is 6.85 Å². The second-order valence-electron chi connectivity index (χ2n) is 30.5. The predicted molar refractivity (Wildman–Crippen MR) is 373 cm³/mol. The van der Waals surface area contributed by atoms with Crippen molar-refractivity contribution < 1.29 is 4.42 Å². The molecule has 4 heterocycles. The third kappa shape index (κ3) is 9.05. The molecule has 0 spiro atoms. The second kappa shape index (κ2) is 19.4. The molecule has 11 aromatic rings. The molecule has 6 heteroatoms. The summed E-state index contributed by atoms with van der Waals surface area (Å²) in [4.78, 5) is 7.79. The molecular weight excluding hydrogens is 1060 g/mol. The van der Waals surface area contributed by atoms with Crippen LogP contribution in [0, 0.1) is 0 Å². The molecule has 0 saturated heterocycles. The number of furan rings is 1. The number of hydrogen-bond acceptors (Lipinski definition) is 5. The minimum atomic E-state index is -0.303. The normalized spacial score (nSPS) is 15.5. The lowest BCUT2D eigenvalue weighted by atomic mass is 9.43. The van der Waals surface area contributed by atoms with Gasteiger partial charge in [0.05, 0.1) is 16.1 Å². The largest absolute Gasteiger partial charge is 0.440 e. The molecule has 0 unspecified atom stereocenters. The molecule has 0 bridgehead atoms. The maximum Gasteiger partial charge on any atom is 0.337 e. The van der Waals surface area contributed by atoms with Gasteiger partial charge < -0.3 is 14.1 Å². The number of hydrogen-bond donors (Lipinski definition) is 0. The Morgan fingerprint density at radius 3 is 1.59 bits per heavy atom. The summed E-state index contributed by atoms with van der Waals surface area (Å²) < 4.78 is 10.5. The molecule has 9 aromatic carbocycles. The Morgan fingerprint density at radius 2 is 1.00 bits per heavy atom. The van der Waals surface area contributed by atoms with Crippen LogP contribution in [-0.4, -0.2) is 6.85 Å². The zero-order valence-corrected chi connectivity index (χ0v) is 54.3. The molecule has 0 atom stereocenters. The van der Waals surface area contributed by atoms with Gasteiger partial charge in [0.15, 0.2) is 0 Å². The van der Waals surface area contributed by atoms with Gasteiger partial charge in [-0.1, -0.05) is 214 Å². The highest BCUT2D eigenvalue weighted by Crippen LogP contribution is 2.57. The summed E-state index contributed by atoms with van der Waals surface area (Å²) in [6.45, 7) is 37.3. The Bertz CT molecular complexity index is 4440. The third-order valence-corrected chi connectivity index (χ3v) is 20.8. The summed E-state index contributed by atoms with van der Waals surface area (Å²) in [5, 5.41) is 3.74. The van der Waals surface area contributed by atoms with Crippen LogP contribution in [0.15, 0.2) is 186 Å². The number of thiophene rings is 1. The maximum atomic E-state index is 7.95. The molecule has 2 aromatic heterocycles. The first kappa shape index (κ1) is 56.0. The van der Waals surface area contributed by atoms with E-state index in [9.17, 15) is 0 Å². The van der Waals surface area contributed by atoms with Gasteiger partial charge in [-0.3, -0.25) is 4.90 Å². The average Bonchev–Trinajstić information content (AvgIpc) is 1.29. The Kier molecular flexibility index (Phi) is 12.6. The molecule has 2 aliphatic heterocycles. The van der Waals surface area contributed by atoms with Crippen molar-refractivity contribution in [1.29, 1.82) is 0 Å². The maximum absolute atomic E-state index is 7.95. The SMILES string of the molecule is CC(C)(C)c1ccc(N2B3c4c(cc(N(c5ccc(C(C)(C)C)cc5)c5ccc(C(C)(C)C)cc5)cc4N(c4ccc(C(C)(C)C)cc4-c4ccccc4)c4oc5cc6c(cc5c43)C(C)(C)CCC6(C)C)-c3ccc4c(sc5ccccc54)c32)cc1. The topological polar surface area (TPSA) is 22.9 Å². The van der Waals surface area contributed by atoms with E-state index in [1.165, 1.54) is 86.7 Å². The summed E-state index contributed by atoms with van der Waals surface area (Å²) in [5.74, 6) is 0.859. The highest BCUT2D eigenvalue weighted by molar-refractivity contribution is 7.26. The lowest BCUT2D eigenvalue weighted by Gasteiger charge is -2.45. The molecule has 4 nitrogen and oxygen atoms in total. The minimum absolute atomic E-state index is 0.0160. The van der Waals surface area contributed by atoms with Crippen LogP contribution in [0.2, 0.25) is 0 Å². The standard InChI is InChI=1S/C80H82BN3OS/c1-75(2,3)50-26-33-54(34-27-50)82(55-35-28-51(29-36-55)76(4,5)6)57-45-62-59-39-40-60-58-24-20-21-25-69(58)86-73(60)72(59)84(56-37-30-52(31-38-56)77(7,8)9)81-70(62)67(46-57)83(66-41-32-53(78(10,11)12)44-61(66)49-22-18-17-19-23-49)74-71(81)63-47-64-65(48-68(63)85-74)80(15,16)43-42-79(64,13)14/h17-41,44-48H,42-43H2,1-16H3. The van der Waals surface area contributed by atoms with Crippen LogP contribution < -0.4 is 25.5 Å². The summed E-state index contributed by atoms with van der Waals surface area (Å²) in [5.41, 5.74) is 23.8. The van der Waals surface area contributed by atoms with E-state index in [2.05, 4.69) is 307 Å². The van der Waals surface area contributed by atoms with Crippen molar-refractivity contribution in [3.05, 3.63) is 215 Å². The average molecular weight is 1140 g/mol. The number of fused-ring (bicyclic) bond motifs is 11. The van der Waals surface area contributed by atoms with Gasteiger partial charge in [-0.25, -0.2) is 0 Å². The lowest BCUT2D eigenvalue weighted by Crippen LogP contribution is -2.61. The Balaban J connectivity index is 1.17. The molecule has 14 rings (SSSR count). The number of benzene rings is 9. The zero-order valence-electron chi connectivity index (χ0n) is 53.5. The first-order chi connectivity index (χ1) is 40.7. The van der Waals surface area contributed by atoms with Crippen LogP contribution in [0.4, 0.5) is 45.7 Å². The van der Waals surface area contributed by atoms with E-state index in [0.29, 0.717) is 0 Å². The van der Waals surface area contributed by atoms with E-state index in [1.54, 1.807) is 0 Å². The van der Waals surface area contributed by atoms with E-state index >= 15 is 0 Å². The monoisotopic (exact) mass is 1140 g/mol. The predicted octanol–water partition coefficient (Wildman–Crippen LogP) is 22.2. The van der Waals surface area contributed by atoms with Gasteiger partial charge in [0.2, 0.25) is 5.88 Å². The van der Waals surface area contributed by atoms with E-state index in [-0.39, 0.29) is 39.3 Å². The van der Waals surface area contributed by atoms with Crippen LogP contribution in [0.25, 0.3) is 53.4 Å².